The van der Waals surface area contributed by atoms with Gasteiger partial charge in [0.2, 0.25) is 5.91 Å². The maximum absolute atomic E-state index is 10.6. The Kier molecular flexibility index (Phi) is 13.5. The second-order valence-electron chi connectivity index (χ2n) is 4.77. The van der Waals surface area contributed by atoms with Crippen LogP contribution in [0.3, 0.4) is 0 Å². The van der Waals surface area contributed by atoms with Gasteiger partial charge in [-0.1, -0.05) is 6.42 Å². The molecule has 18 heavy (non-hydrogen) atoms. The molecule has 0 spiro atoms. The van der Waals surface area contributed by atoms with Gasteiger partial charge in [0.25, 0.3) is 0 Å². The molecule has 1 aliphatic heterocycles. The molecule has 4 heteroatoms. The maximum Gasteiger partial charge on any atom is 0.219 e. The molecular weight excluding hydrogens is 292 g/mol. The summed E-state index contributed by atoms with van der Waals surface area (Å²) < 4.78 is 1.28. The van der Waals surface area contributed by atoms with E-state index in [4.69, 9.17) is 0 Å². The molecule has 1 saturated heterocycles. The monoisotopic (exact) mass is 322 g/mol. The number of rotatable bonds is 4. The molecule has 1 fully saturated rings. The number of halogens is 1. The molecule has 0 radical (unpaired) electrons. The lowest BCUT2D eigenvalue weighted by molar-refractivity contribution is -0.921. The van der Waals surface area contributed by atoms with E-state index in [1.807, 2.05) is 0 Å². The van der Waals surface area contributed by atoms with E-state index in [-0.39, 0.29) is 22.9 Å². The quantitative estimate of drug-likeness (QED) is 0.699. The summed E-state index contributed by atoms with van der Waals surface area (Å²) in [4.78, 5) is 10.6. The Morgan fingerprint density at radius 1 is 0.944 bits per heavy atom. The molecule has 3 nitrogen and oxygen atoms in total. The van der Waals surface area contributed by atoms with Gasteiger partial charge in [-0.2, -0.15) is 0 Å². The van der Waals surface area contributed by atoms with Crippen LogP contribution >= 0.6 is 0 Å². The molecule has 110 valence electrons. The van der Waals surface area contributed by atoms with E-state index >= 15 is 0 Å². The van der Waals surface area contributed by atoms with Crippen LogP contribution in [0.2, 0.25) is 0 Å². The van der Waals surface area contributed by atoms with Gasteiger partial charge < -0.3 is 26.8 Å². The van der Waals surface area contributed by atoms with Crippen LogP contribution in [-0.2, 0) is 4.79 Å². The molecule has 0 unspecified atom stereocenters. The maximum atomic E-state index is 10.6. The zero-order chi connectivity index (χ0) is 13.1. The smallest absolute Gasteiger partial charge is 0.219 e. The minimum absolute atomic E-state index is 0. The summed E-state index contributed by atoms with van der Waals surface area (Å²) in [6.07, 6.45) is 4.18. The van der Waals surface area contributed by atoms with Gasteiger partial charge in [-0.05, 0) is 40.5 Å². The van der Waals surface area contributed by atoms with Crippen molar-refractivity contribution in [3.8, 4) is 0 Å². The number of nitrogens with one attached hydrogen (secondary N) is 1. The lowest BCUT2D eigenvalue weighted by atomic mass is 10.2. The topological polar surface area (TPSA) is 29.1 Å². The minimum Gasteiger partial charge on any atom is -1.00 e. The zero-order valence-corrected chi connectivity index (χ0v) is 14.2. The fourth-order valence-corrected chi connectivity index (χ4v) is 2.25. The SMILES string of the molecule is CC[N+](CC)(CC)CC.O=C1CCCCCN1.[Br-]. The van der Waals surface area contributed by atoms with E-state index in [1.165, 1.54) is 37.1 Å². The van der Waals surface area contributed by atoms with E-state index in [1.54, 1.807) is 0 Å². The van der Waals surface area contributed by atoms with Gasteiger partial charge in [-0.3, -0.25) is 4.79 Å². The van der Waals surface area contributed by atoms with Crippen LogP contribution in [0.25, 0.3) is 0 Å². The van der Waals surface area contributed by atoms with Crippen LogP contribution in [0.4, 0.5) is 0 Å². The normalized spacial score (nSPS) is 15.7. The zero-order valence-electron chi connectivity index (χ0n) is 12.6. The molecule has 0 aromatic heterocycles. The first kappa shape index (κ1) is 20.2. The average Bonchev–Trinajstić information content (AvgIpc) is 2.61. The number of hydrogen-bond acceptors (Lipinski definition) is 1. The van der Waals surface area contributed by atoms with E-state index < -0.39 is 0 Å². The first-order valence-corrected chi connectivity index (χ1v) is 7.25. The molecule has 1 N–H and O–H groups in total. The van der Waals surface area contributed by atoms with Gasteiger partial charge in [0, 0.05) is 13.0 Å². The number of carbonyl (C=O) groups excluding carboxylic acids is 1. The minimum atomic E-state index is 0. The van der Waals surface area contributed by atoms with Crippen LogP contribution in [0.1, 0.15) is 53.4 Å². The molecule has 1 amide bonds. The largest absolute Gasteiger partial charge is 1.00 e. The predicted molar refractivity (Wildman–Crippen MR) is 73.9 cm³/mol. The molecule has 0 aromatic rings. The summed E-state index contributed by atoms with van der Waals surface area (Å²) in [5, 5.41) is 2.81. The van der Waals surface area contributed by atoms with Gasteiger partial charge in [-0.25, -0.2) is 0 Å². The Balaban J connectivity index is 0. The highest BCUT2D eigenvalue weighted by atomic mass is 79.9. The fourth-order valence-electron chi connectivity index (χ4n) is 2.25. The van der Waals surface area contributed by atoms with Gasteiger partial charge in [0.1, 0.15) is 0 Å². The summed E-state index contributed by atoms with van der Waals surface area (Å²) >= 11 is 0. The van der Waals surface area contributed by atoms with Crippen molar-refractivity contribution < 1.29 is 26.3 Å². The summed E-state index contributed by atoms with van der Waals surface area (Å²) in [7, 11) is 0. The summed E-state index contributed by atoms with van der Waals surface area (Å²) in [5.74, 6) is 0.225. The molecule has 1 aliphatic rings. The number of amides is 1. The Bertz CT molecular complexity index is 178. The van der Waals surface area contributed by atoms with Crippen molar-refractivity contribution in [1.29, 1.82) is 0 Å². The van der Waals surface area contributed by atoms with Crippen LogP contribution < -0.4 is 22.3 Å². The number of quaternary nitrogens is 1. The number of nitrogens with zero attached hydrogens (tertiary/aromatic N) is 1. The highest BCUT2D eigenvalue weighted by Gasteiger charge is 2.16. The fraction of sp³-hybridized carbons (Fsp3) is 0.929. The highest BCUT2D eigenvalue weighted by Crippen LogP contribution is 2.03. The first-order chi connectivity index (χ1) is 8.14. The van der Waals surface area contributed by atoms with Gasteiger partial charge >= 0.3 is 0 Å². The van der Waals surface area contributed by atoms with E-state index in [0.29, 0.717) is 0 Å². The number of carbonyl (C=O) groups is 1. The third kappa shape index (κ3) is 8.09. The highest BCUT2D eigenvalue weighted by molar-refractivity contribution is 5.75. The average molecular weight is 323 g/mol. The third-order valence-corrected chi connectivity index (χ3v) is 4.09. The van der Waals surface area contributed by atoms with Crippen molar-refractivity contribution in [2.45, 2.75) is 53.4 Å². The van der Waals surface area contributed by atoms with Crippen molar-refractivity contribution in [3.63, 3.8) is 0 Å². The van der Waals surface area contributed by atoms with E-state index in [9.17, 15) is 4.79 Å². The van der Waals surface area contributed by atoms with Crippen LogP contribution in [0.5, 0.6) is 0 Å². The Morgan fingerprint density at radius 2 is 1.44 bits per heavy atom. The molecule has 1 rings (SSSR count). The van der Waals surface area contributed by atoms with Crippen molar-refractivity contribution in [2.24, 2.45) is 0 Å². The summed E-state index contributed by atoms with van der Waals surface area (Å²) in [6.45, 7) is 15.1. The molecule has 0 saturated carbocycles. The van der Waals surface area contributed by atoms with Crippen LogP contribution in [0.15, 0.2) is 0 Å². The Hall–Kier alpha value is -0.0900. The van der Waals surface area contributed by atoms with E-state index in [0.717, 1.165) is 25.8 Å². The standard InChI is InChI=1S/C8H20N.C6H11NO.BrH/c1-5-9(6-2,7-3)8-4;8-6-4-2-1-3-5-7-6;/h5-8H2,1-4H3;1-5H2,(H,7,8);1H/q+1;;/p-1. The van der Waals surface area contributed by atoms with Crippen LogP contribution in [-0.4, -0.2) is 43.1 Å². The van der Waals surface area contributed by atoms with Crippen LogP contribution in [0, 0.1) is 0 Å². The molecule has 0 aliphatic carbocycles. The molecule has 1 heterocycles. The molecular formula is C14H31BrN2O. The van der Waals surface area contributed by atoms with Crippen molar-refractivity contribution in [1.82, 2.24) is 5.32 Å². The van der Waals surface area contributed by atoms with Gasteiger partial charge in [-0.15, -0.1) is 0 Å². The molecule has 0 bridgehead atoms. The Morgan fingerprint density at radius 3 is 1.83 bits per heavy atom. The lowest BCUT2D eigenvalue weighted by Crippen LogP contribution is -3.00. The first-order valence-electron chi connectivity index (χ1n) is 7.25. The second kappa shape index (κ2) is 12.0. The summed E-state index contributed by atoms with van der Waals surface area (Å²) in [5.41, 5.74) is 0. The second-order valence-corrected chi connectivity index (χ2v) is 4.77. The predicted octanol–water partition coefficient (Wildman–Crippen LogP) is -0.437. The van der Waals surface area contributed by atoms with Gasteiger partial charge in [0.15, 0.2) is 0 Å². The van der Waals surface area contributed by atoms with Crippen molar-refractivity contribution in [3.05, 3.63) is 0 Å². The van der Waals surface area contributed by atoms with Crippen molar-refractivity contribution >= 4 is 5.91 Å². The Labute approximate surface area is 124 Å². The van der Waals surface area contributed by atoms with Gasteiger partial charge in [0.05, 0.1) is 26.2 Å². The third-order valence-electron chi connectivity index (χ3n) is 4.09. The molecule has 0 atom stereocenters. The number of hydrogen-bond donors (Lipinski definition) is 1. The molecule has 0 aromatic carbocycles. The lowest BCUT2D eigenvalue weighted by Gasteiger charge is -2.34. The van der Waals surface area contributed by atoms with Crippen molar-refractivity contribution in [2.75, 3.05) is 32.7 Å². The van der Waals surface area contributed by atoms with E-state index in [2.05, 4.69) is 33.0 Å². The summed E-state index contributed by atoms with van der Waals surface area (Å²) in [6, 6.07) is 0.